The lowest BCUT2D eigenvalue weighted by molar-refractivity contribution is -1.02. The summed E-state index contributed by atoms with van der Waals surface area (Å²) < 4.78 is 1.03. The smallest absolute Gasteiger partial charge is 0.403 e. The molecule has 3 aliphatic rings. The summed E-state index contributed by atoms with van der Waals surface area (Å²) in [5.74, 6) is -1.60. The number of rotatable bonds is 2. The fourth-order valence-corrected chi connectivity index (χ4v) is 4.60. The molecule has 0 aliphatic heterocycles. The van der Waals surface area contributed by atoms with E-state index in [1.165, 1.54) is 24.3 Å². The molecule has 2 unspecified atom stereocenters. The van der Waals surface area contributed by atoms with Crippen molar-refractivity contribution in [1.82, 2.24) is 0 Å². The van der Waals surface area contributed by atoms with Gasteiger partial charge >= 0.3 is 6.08 Å². The Bertz CT molecular complexity index is 1140. The lowest BCUT2D eigenvalue weighted by Gasteiger charge is -2.37. The molecule has 0 bridgehead atoms. The number of carbonyl (C=O) groups is 2. The van der Waals surface area contributed by atoms with Crippen LogP contribution < -0.4 is 22.9 Å². The summed E-state index contributed by atoms with van der Waals surface area (Å²) in [6.07, 6.45) is 2.69. The molecule has 1 aromatic carbocycles. The van der Waals surface area contributed by atoms with E-state index in [0.29, 0.717) is 18.4 Å². The molecule has 0 amide bonds. The molecular formula is C21H17INO6. The molecule has 0 aromatic heterocycles. The predicted molar refractivity (Wildman–Crippen MR) is 96.0 cm³/mol. The molecule has 1 aromatic rings. The highest BCUT2D eigenvalue weighted by Gasteiger charge is 2.46. The Morgan fingerprint density at radius 1 is 1.31 bits per heavy atom. The van der Waals surface area contributed by atoms with Crippen LogP contribution in [0.5, 0.6) is 0 Å². The lowest BCUT2D eigenvalue weighted by Crippen LogP contribution is -3.38. The van der Waals surface area contributed by atoms with E-state index < -0.39 is 23.3 Å². The first kappa shape index (κ1) is 19.9. The van der Waals surface area contributed by atoms with E-state index in [1.54, 1.807) is 35.9 Å². The van der Waals surface area contributed by atoms with Crippen molar-refractivity contribution in [3.05, 3.63) is 63.5 Å². The Balaban J connectivity index is 1.98. The van der Waals surface area contributed by atoms with Crippen molar-refractivity contribution < 1.29 is 55.4 Å². The number of fused-ring (bicyclic) bond motifs is 2. The van der Waals surface area contributed by atoms with Crippen LogP contribution in [0.15, 0.2) is 52.3 Å². The first-order valence-corrected chi connectivity index (χ1v) is 10.1. The molecule has 149 valence electrons. The number of benzene rings is 1. The van der Waals surface area contributed by atoms with Gasteiger partial charge in [-0.15, -0.1) is 0 Å². The van der Waals surface area contributed by atoms with Crippen molar-refractivity contribution in [2.45, 2.75) is 37.9 Å². The summed E-state index contributed by atoms with van der Waals surface area (Å²) in [6, 6.07) is 4.47. The monoisotopic (exact) mass is 506 g/mol. The highest BCUT2D eigenvalue weighted by molar-refractivity contribution is 6.30. The number of hydrogen-bond acceptors (Lipinski definition) is 6. The summed E-state index contributed by atoms with van der Waals surface area (Å²) in [5.41, 5.74) is -0.774. The highest BCUT2D eigenvalue weighted by Crippen LogP contribution is 2.46. The number of aliphatic hydroxyl groups is 3. The molecule has 3 aliphatic carbocycles. The second-order valence-electron chi connectivity index (χ2n) is 7.31. The van der Waals surface area contributed by atoms with Crippen molar-refractivity contribution in [1.29, 1.82) is 0 Å². The Morgan fingerprint density at radius 3 is 2.69 bits per heavy atom. The van der Waals surface area contributed by atoms with Gasteiger partial charge in [-0.25, -0.2) is 0 Å². The number of halogens is 1. The number of isocyanates is 1. The van der Waals surface area contributed by atoms with E-state index in [-0.39, 0.29) is 45.7 Å². The van der Waals surface area contributed by atoms with Crippen LogP contribution in [0.3, 0.4) is 0 Å². The highest BCUT2D eigenvalue weighted by atomic mass is 127. The molecule has 29 heavy (non-hydrogen) atoms. The number of aliphatic hydroxyl groups excluding tert-OH is 2. The molecule has 7 nitrogen and oxygen atoms in total. The van der Waals surface area contributed by atoms with E-state index in [2.05, 4.69) is 0 Å². The minimum Gasteiger partial charge on any atom is -0.507 e. The fourth-order valence-electron chi connectivity index (χ4n) is 4.20. The first-order chi connectivity index (χ1) is 13.7. The summed E-state index contributed by atoms with van der Waals surface area (Å²) in [4.78, 5) is 37.6. The molecule has 2 atom stereocenters. The summed E-state index contributed by atoms with van der Waals surface area (Å²) in [6.45, 7) is 1.80. The Labute approximate surface area is 179 Å². The Hall–Kier alpha value is -2.39. The van der Waals surface area contributed by atoms with E-state index in [0.717, 1.165) is 2.79 Å². The van der Waals surface area contributed by atoms with Gasteiger partial charge in [0.25, 0.3) is 0 Å². The maximum atomic E-state index is 13.3. The molecule has 0 fully saturated rings. The van der Waals surface area contributed by atoms with Gasteiger partial charge in [0.15, 0.2) is 5.78 Å². The second kappa shape index (κ2) is 6.84. The number of allylic oxidation sites excluding steroid dienone is 1. The molecule has 0 heterocycles. The average Bonchev–Trinajstić information content (AvgIpc) is 2.73. The third kappa shape index (κ3) is 2.78. The SMILES string of the molecule is CCC1(O)C=C2C(=C(O)C3=C(C(=O)c4cccc([N+]([I-])=C=O)c4C3=O)C2O)CC1. The molecule has 0 saturated carbocycles. The average molecular weight is 506 g/mol. The van der Waals surface area contributed by atoms with Crippen LogP contribution in [0.2, 0.25) is 0 Å². The van der Waals surface area contributed by atoms with Crippen LogP contribution in [-0.2, 0) is 4.79 Å². The lowest BCUT2D eigenvalue weighted by atomic mass is 9.69. The Kier molecular flexibility index (Phi) is 4.70. The summed E-state index contributed by atoms with van der Waals surface area (Å²) in [7, 11) is 0. The van der Waals surface area contributed by atoms with Gasteiger partial charge in [-0.1, -0.05) is 13.0 Å². The number of ketones is 2. The van der Waals surface area contributed by atoms with Crippen LogP contribution in [0, 0.1) is 0 Å². The van der Waals surface area contributed by atoms with Crippen molar-refractivity contribution in [3.63, 3.8) is 0 Å². The van der Waals surface area contributed by atoms with Crippen LogP contribution in [0.25, 0.3) is 0 Å². The molecule has 3 N–H and O–H groups in total. The minimum atomic E-state index is -1.43. The molecule has 4 rings (SSSR count). The number of nitrogens with zero attached hydrogens (tertiary/aromatic N) is 1. The molecule has 1 radical (unpaired) electrons. The molecule has 8 heteroatoms. The maximum Gasteiger partial charge on any atom is 0.403 e. The largest absolute Gasteiger partial charge is 0.507 e. The zero-order valence-electron chi connectivity index (χ0n) is 15.4. The molecular weight excluding hydrogens is 489 g/mol. The van der Waals surface area contributed by atoms with E-state index in [1.807, 2.05) is 0 Å². The standard InChI is InChI=1S/C21H17INO6/c1-2-21(29)7-6-10-12(8-21)19(27)15-16(17(10)25)20(28)14-11(18(15)26)4-3-5-13(14)23(22)9-24/h3-5,8,19,25,27,29H,2,6-7H2,1H3. The van der Waals surface area contributed by atoms with Gasteiger partial charge in [0.2, 0.25) is 11.5 Å². The maximum absolute atomic E-state index is 13.3. The van der Waals surface area contributed by atoms with Crippen molar-refractivity contribution in [2.24, 2.45) is 0 Å². The zero-order chi connectivity index (χ0) is 21.1. The van der Waals surface area contributed by atoms with Crippen LogP contribution in [0.1, 0.15) is 46.9 Å². The van der Waals surface area contributed by atoms with Crippen molar-refractivity contribution in [2.75, 3.05) is 0 Å². The zero-order valence-corrected chi connectivity index (χ0v) is 17.6. The van der Waals surface area contributed by atoms with E-state index in [9.17, 15) is 29.7 Å². The quantitative estimate of drug-likeness (QED) is 0.202. The summed E-state index contributed by atoms with van der Waals surface area (Å²) >= 11 is 1.66. The van der Waals surface area contributed by atoms with Gasteiger partial charge in [-0.3, -0.25) is 12.4 Å². The summed E-state index contributed by atoms with van der Waals surface area (Å²) in [5, 5.41) is 32.5. The third-order valence-corrected chi connectivity index (χ3v) is 6.55. The van der Waals surface area contributed by atoms with Crippen molar-refractivity contribution in [3.8, 4) is 0 Å². The van der Waals surface area contributed by atoms with Crippen LogP contribution in [0.4, 0.5) is 5.69 Å². The van der Waals surface area contributed by atoms with Crippen LogP contribution >= 0.6 is 0 Å². The number of hydrogen-bond donors (Lipinski definition) is 3. The van der Waals surface area contributed by atoms with Crippen LogP contribution in [-0.4, -0.2) is 47.5 Å². The van der Waals surface area contributed by atoms with Gasteiger partial charge < -0.3 is 38.2 Å². The molecule has 0 saturated heterocycles. The topological polar surface area (TPSA) is 115 Å². The van der Waals surface area contributed by atoms with Gasteiger partial charge in [0, 0.05) is 22.8 Å². The van der Waals surface area contributed by atoms with E-state index >= 15 is 0 Å². The van der Waals surface area contributed by atoms with Gasteiger partial charge in [-0.2, -0.15) is 4.79 Å². The Morgan fingerprint density at radius 2 is 2.03 bits per heavy atom. The van der Waals surface area contributed by atoms with E-state index in [4.69, 9.17) is 0 Å². The van der Waals surface area contributed by atoms with Gasteiger partial charge in [0.1, 0.15) is 17.4 Å². The second-order valence-corrected chi connectivity index (χ2v) is 8.27. The van der Waals surface area contributed by atoms with Crippen molar-refractivity contribution >= 4 is 23.3 Å². The normalized spacial score (nSPS) is 25.8. The first-order valence-electron chi connectivity index (χ1n) is 9.10. The minimum absolute atomic E-state index is 0.0124. The fraction of sp³-hybridized carbons (Fsp3) is 0.286. The number of Topliss-reactive ketones (excluding diaryl/α,β-unsaturated/α-hetero) is 2. The third-order valence-electron chi connectivity index (χ3n) is 5.83. The number of carbonyl (C=O) groups excluding carboxylic acids is 3. The molecule has 0 spiro atoms. The van der Waals surface area contributed by atoms with Gasteiger partial charge in [-0.05, 0) is 37.0 Å². The van der Waals surface area contributed by atoms with Gasteiger partial charge in [0.05, 0.1) is 11.2 Å². The predicted octanol–water partition coefficient (Wildman–Crippen LogP) is -1.14.